The first-order valence-electron chi connectivity index (χ1n) is 9.59. The lowest BCUT2D eigenvalue weighted by Gasteiger charge is -2.09. The van der Waals surface area contributed by atoms with Gasteiger partial charge in [-0.25, -0.2) is 4.68 Å². The Kier molecular flexibility index (Phi) is 5.63. The van der Waals surface area contributed by atoms with E-state index in [0.717, 1.165) is 17.7 Å². The highest BCUT2D eigenvalue weighted by Gasteiger charge is 2.30. The molecule has 162 valence electrons. The zero-order valence-corrected chi connectivity index (χ0v) is 16.6. The van der Waals surface area contributed by atoms with Crippen molar-refractivity contribution in [2.24, 2.45) is 0 Å². The molecule has 0 aliphatic heterocycles. The zero-order chi connectivity index (χ0) is 22.7. The molecule has 0 bridgehead atoms. The number of rotatable bonds is 5. The molecule has 1 amide bonds. The third-order valence-corrected chi connectivity index (χ3v) is 4.70. The number of hydrogen-bond donors (Lipinski definition) is 1. The van der Waals surface area contributed by atoms with Gasteiger partial charge < -0.3 is 9.88 Å². The molecular weight excluding hydrogens is 421 g/mol. The molecule has 32 heavy (non-hydrogen) atoms. The van der Waals surface area contributed by atoms with Gasteiger partial charge in [-0.2, -0.15) is 18.3 Å². The van der Waals surface area contributed by atoms with Crippen LogP contribution in [-0.4, -0.2) is 20.3 Å². The number of hydrogen-bond acceptors (Lipinski definition) is 3. The topological polar surface area (TPSA) is 68.9 Å². The van der Waals surface area contributed by atoms with Crippen LogP contribution in [0, 0.1) is 0 Å². The number of benzene rings is 2. The van der Waals surface area contributed by atoms with Gasteiger partial charge in [-0.05, 0) is 48.0 Å². The van der Waals surface area contributed by atoms with E-state index in [4.69, 9.17) is 0 Å². The molecule has 1 N–H and O–H groups in total. The van der Waals surface area contributed by atoms with Crippen molar-refractivity contribution in [3.05, 3.63) is 112 Å². The van der Waals surface area contributed by atoms with E-state index in [1.807, 2.05) is 6.07 Å². The third kappa shape index (κ3) is 4.77. The molecule has 0 fully saturated rings. The summed E-state index contributed by atoms with van der Waals surface area (Å²) in [6.07, 6.45) is -1.38. The summed E-state index contributed by atoms with van der Waals surface area (Å²) < 4.78 is 41.6. The van der Waals surface area contributed by atoms with Crippen molar-refractivity contribution in [1.29, 1.82) is 0 Å². The number of carbonyl (C=O) groups excluding carboxylic acids is 1. The lowest BCUT2D eigenvalue weighted by atomic mass is 10.2. The zero-order valence-electron chi connectivity index (χ0n) is 16.6. The van der Waals surface area contributed by atoms with Crippen LogP contribution in [0.25, 0.3) is 5.69 Å². The minimum Gasteiger partial charge on any atom is -0.321 e. The molecule has 0 aliphatic rings. The van der Waals surface area contributed by atoms with Gasteiger partial charge in [-0.1, -0.05) is 24.3 Å². The van der Waals surface area contributed by atoms with Crippen molar-refractivity contribution in [2.75, 3.05) is 5.32 Å². The van der Waals surface area contributed by atoms with Crippen molar-refractivity contribution >= 4 is 11.6 Å². The van der Waals surface area contributed by atoms with Gasteiger partial charge in [0.2, 0.25) is 0 Å². The summed E-state index contributed by atoms with van der Waals surface area (Å²) in [6.45, 7) is 0.341. The first kappa shape index (κ1) is 21.1. The molecule has 0 radical (unpaired) electrons. The second kappa shape index (κ2) is 8.54. The van der Waals surface area contributed by atoms with E-state index in [9.17, 15) is 22.8 Å². The predicted molar refractivity (Wildman–Crippen MR) is 113 cm³/mol. The van der Waals surface area contributed by atoms with Gasteiger partial charge in [-0.15, -0.1) is 0 Å². The fourth-order valence-electron chi connectivity index (χ4n) is 3.14. The maximum absolute atomic E-state index is 12.9. The number of amides is 1. The summed E-state index contributed by atoms with van der Waals surface area (Å²) in [5.41, 5.74) is 0.616. The van der Waals surface area contributed by atoms with Crippen LogP contribution >= 0.6 is 0 Å². The Labute approximate surface area is 180 Å². The highest BCUT2D eigenvalue weighted by atomic mass is 19.4. The van der Waals surface area contributed by atoms with Crippen molar-refractivity contribution in [3.63, 3.8) is 0 Å². The summed E-state index contributed by atoms with van der Waals surface area (Å²) in [5, 5.41) is 6.81. The van der Waals surface area contributed by atoms with Gasteiger partial charge in [0.15, 0.2) is 5.69 Å². The third-order valence-electron chi connectivity index (χ3n) is 4.70. The fourth-order valence-corrected chi connectivity index (χ4v) is 3.14. The van der Waals surface area contributed by atoms with Crippen LogP contribution in [0.5, 0.6) is 0 Å². The molecular formula is C23H17F3N4O2. The molecule has 0 saturated heterocycles. The number of carbonyl (C=O) groups is 1. The number of pyridine rings is 1. The van der Waals surface area contributed by atoms with E-state index in [-0.39, 0.29) is 16.9 Å². The second-order valence-corrected chi connectivity index (χ2v) is 7.01. The fraction of sp³-hybridized carbons (Fsp3) is 0.0870. The second-order valence-electron chi connectivity index (χ2n) is 7.01. The van der Waals surface area contributed by atoms with Crippen LogP contribution in [0.4, 0.5) is 18.9 Å². The highest BCUT2D eigenvalue weighted by Crippen LogP contribution is 2.30. The monoisotopic (exact) mass is 438 g/mol. The number of aromatic nitrogens is 3. The summed E-state index contributed by atoms with van der Waals surface area (Å²) in [4.78, 5) is 24.5. The first-order chi connectivity index (χ1) is 15.3. The molecule has 9 heteroatoms. The molecule has 4 rings (SSSR count). The molecule has 2 aromatic heterocycles. The lowest BCUT2D eigenvalue weighted by Crippen LogP contribution is -2.18. The van der Waals surface area contributed by atoms with Crippen LogP contribution in [-0.2, 0) is 12.7 Å². The maximum Gasteiger partial charge on any atom is 0.416 e. The quantitative estimate of drug-likeness (QED) is 0.504. The Morgan fingerprint density at radius 3 is 2.53 bits per heavy atom. The molecule has 0 atom stereocenters. The van der Waals surface area contributed by atoms with Gasteiger partial charge in [0.1, 0.15) is 0 Å². The summed E-state index contributed by atoms with van der Waals surface area (Å²) in [5.74, 6) is -0.509. The van der Waals surface area contributed by atoms with E-state index in [0.29, 0.717) is 12.2 Å². The van der Waals surface area contributed by atoms with E-state index in [2.05, 4.69) is 10.4 Å². The summed E-state index contributed by atoms with van der Waals surface area (Å²) >= 11 is 0. The van der Waals surface area contributed by atoms with E-state index in [1.54, 1.807) is 36.5 Å². The van der Waals surface area contributed by atoms with Crippen molar-refractivity contribution in [2.45, 2.75) is 12.7 Å². The van der Waals surface area contributed by atoms with Crippen molar-refractivity contribution in [1.82, 2.24) is 14.3 Å². The molecule has 2 aromatic carbocycles. The Hall–Kier alpha value is -4.14. The number of alkyl halides is 3. The average Bonchev–Trinajstić information content (AvgIpc) is 3.26. The van der Waals surface area contributed by atoms with Crippen molar-refractivity contribution in [3.8, 4) is 5.69 Å². The Morgan fingerprint density at radius 1 is 0.938 bits per heavy atom. The van der Waals surface area contributed by atoms with Gasteiger partial charge >= 0.3 is 6.18 Å². The standard InChI is InChI=1S/C23H17F3N4O2/c24-23(25,26)17-6-4-8-19(14-17)30-12-10-20(28-30)22(32)27-18-7-3-5-16(13-18)15-29-11-2-1-9-21(29)31/h1-14H,15H2,(H,27,32). The Balaban J connectivity index is 1.49. The molecule has 0 aliphatic carbocycles. The maximum atomic E-state index is 12.9. The SMILES string of the molecule is O=C(Nc1cccc(Cn2ccccc2=O)c1)c1ccn(-c2cccc(C(F)(F)F)c2)n1. The van der Waals surface area contributed by atoms with Crippen molar-refractivity contribution < 1.29 is 18.0 Å². The number of nitrogens with zero attached hydrogens (tertiary/aromatic N) is 3. The molecule has 0 spiro atoms. The average molecular weight is 438 g/mol. The van der Waals surface area contributed by atoms with Crippen LogP contribution < -0.4 is 10.9 Å². The molecule has 6 nitrogen and oxygen atoms in total. The number of halogens is 3. The largest absolute Gasteiger partial charge is 0.416 e. The minimum absolute atomic E-state index is 0.0482. The van der Waals surface area contributed by atoms with Crippen LogP contribution in [0.1, 0.15) is 21.6 Å². The Bertz CT molecular complexity index is 1320. The molecule has 2 heterocycles. The van der Waals surface area contributed by atoms with Gasteiger partial charge in [-0.3, -0.25) is 9.59 Å². The van der Waals surface area contributed by atoms with Crippen LogP contribution in [0.2, 0.25) is 0 Å². The Morgan fingerprint density at radius 2 is 1.75 bits per heavy atom. The van der Waals surface area contributed by atoms with Gasteiger partial charge in [0.25, 0.3) is 11.5 Å². The van der Waals surface area contributed by atoms with Gasteiger partial charge in [0.05, 0.1) is 17.8 Å². The van der Waals surface area contributed by atoms with E-state index in [1.165, 1.54) is 39.7 Å². The molecule has 0 unspecified atom stereocenters. The predicted octanol–water partition coefficient (Wildman–Crippen LogP) is 4.35. The number of nitrogens with one attached hydrogen (secondary N) is 1. The molecule has 4 aromatic rings. The van der Waals surface area contributed by atoms with E-state index >= 15 is 0 Å². The number of anilines is 1. The van der Waals surface area contributed by atoms with Gasteiger partial charge in [0, 0.05) is 24.1 Å². The van der Waals surface area contributed by atoms with Crippen LogP contribution in [0.3, 0.4) is 0 Å². The highest BCUT2D eigenvalue weighted by molar-refractivity contribution is 6.02. The smallest absolute Gasteiger partial charge is 0.321 e. The summed E-state index contributed by atoms with van der Waals surface area (Å²) in [6, 6.07) is 18.0. The lowest BCUT2D eigenvalue weighted by molar-refractivity contribution is -0.137. The first-order valence-corrected chi connectivity index (χ1v) is 9.59. The molecule has 0 saturated carbocycles. The minimum atomic E-state index is -4.47. The van der Waals surface area contributed by atoms with Crippen LogP contribution in [0.15, 0.2) is 90.0 Å². The van der Waals surface area contributed by atoms with E-state index < -0.39 is 17.6 Å². The summed E-state index contributed by atoms with van der Waals surface area (Å²) in [7, 11) is 0. The normalized spacial score (nSPS) is 11.3.